The summed E-state index contributed by atoms with van der Waals surface area (Å²) in [4.78, 5) is 2.16. The van der Waals surface area contributed by atoms with Crippen molar-refractivity contribution in [1.82, 2.24) is 10.2 Å². The van der Waals surface area contributed by atoms with Crippen molar-refractivity contribution < 1.29 is 13.2 Å². The highest BCUT2D eigenvalue weighted by atomic mass is 32.1. The highest BCUT2D eigenvalue weighted by Gasteiger charge is 2.26. The maximum absolute atomic E-state index is 13.6. The van der Waals surface area contributed by atoms with Gasteiger partial charge in [-0.05, 0) is 40.1 Å². The standard InChI is InChI=1S/C15H15F3N2S/c16-12-7-11(8-13(17)14(12)18)15(10-1-6-21-9-10)20-4-2-19-3-5-20/h1,6-9,15,19H,2-5H2/t15-/m0/s1. The average molecular weight is 312 g/mol. The molecule has 112 valence electrons. The van der Waals surface area contributed by atoms with Crippen LogP contribution in [-0.2, 0) is 0 Å². The van der Waals surface area contributed by atoms with E-state index >= 15 is 0 Å². The first kappa shape index (κ1) is 14.6. The third-order valence-corrected chi connectivity index (χ3v) is 4.40. The monoisotopic (exact) mass is 312 g/mol. The van der Waals surface area contributed by atoms with E-state index in [1.54, 1.807) is 0 Å². The van der Waals surface area contributed by atoms with Crippen LogP contribution in [0.4, 0.5) is 13.2 Å². The number of rotatable bonds is 3. The third-order valence-electron chi connectivity index (χ3n) is 3.70. The molecule has 21 heavy (non-hydrogen) atoms. The van der Waals surface area contributed by atoms with Crippen molar-refractivity contribution in [2.24, 2.45) is 0 Å². The van der Waals surface area contributed by atoms with Gasteiger partial charge in [-0.15, -0.1) is 0 Å². The van der Waals surface area contributed by atoms with Crippen molar-refractivity contribution in [3.8, 4) is 0 Å². The number of hydrogen-bond donors (Lipinski definition) is 1. The molecule has 1 N–H and O–H groups in total. The lowest BCUT2D eigenvalue weighted by Crippen LogP contribution is -2.45. The average Bonchev–Trinajstić information content (AvgIpc) is 3.00. The fourth-order valence-corrected chi connectivity index (χ4v) is 3.40. The molecule has 3 rings (SSSR count). The van der Waals surface area contributed by atoms with Crippen LogP contribution in [0, 0.1) is 17.5 Å². The van der Waals surface area contributed by atoms with Crippen LogP contribution in [0.5, 0.6) is 0 Å². The number of hydrogen-bond acceptors (Lipinski definition) is 3. The minimum atomic E-state index is -1.41. The van der Waals surface area contributed by atoms with Crippen LogP contribution in [0.3, 0.4) is 0 Å². The van der Waals surface area contributed by atoms with E-state index in [2.05, 4.69) is 10.2 Å². The van der Waals surface area contributed by atoms with E-state index in [0.29, 0.717) is 5.56 Å². The SMILES string of the molecule is Fc1cc([C@H](c2ccsc2)N2CCNCC2)cc(F)c1F. The van der Waals surface area contributed by atoms with Crippen molar-refractivity contribution in [3.63, 3.8) is 0 Å². The summed E-state index contributed by atoms with van der Waals surface area (Å²) in [5, 5.41) is 7.15. The van der Waals surface area contributed by atoms with E-state index in [1.165, 1.54) is 11.3 Å². The van der Waals surface area contributed by atoms with Gasteiger partial charge in [0.25, 0.3) is 0 Å². The number of thiophene rings is 1. The Morgan fingerprint density at radius 3 is 2.29 bits per heavy atom. The first-order chi connectivity index (χ1) is 10.2. The van der Waals surface area contributed by atoms with Gasteiger partial charge in [0.1, 0.15) is 0 Å². The molecule has 0 unspecified atom stereocenters. The van der Waals surface area contributed by atoms with Crippen LogP contribution in [-0.4, -0.2) is 31.1 Å². The fourth-order valence-electron chi connectivity index (χ4n) is 2.72. The highest BCUT2D eigenvalue weighted by molar-refractivity contribution is 7.08. The van der Waals surface area contributed by atoms with Gasteiger partial charge in [0.05, 0.1) is 6.04 Å². The van der Waals surface area contributed by atoms with Crippen molar-refractivity contribution in [1.29, 1.82) is 0 Å². The maximum atomic E-state index is 13.6. The summed E-state index contributed by atoms with van der Waals surface area (Å²) in [5.41, 5.74) is 1.43. The van der Waals surface area contributed by atoms with E-state index in [0.717, 1.165) is 43.9 Å². The molecule has 1 fully saturated rings. The zero-order valence-electron chi connectivity index (χ0n) is 11.3. The molecule has 0 bridgehead atoms. The molecule has 2 heterocycles. The second-order valence-electron chi connectivity index (χ2n) is 5.04. The predicted octanol–water partition coefficient (Wildman–Crippen LogP) is 3.16. The Labute approximate surface area is 125 Å². The molecule has 1 aliphatic heterocycles. The van der Waals surface area contributed by atoms with Crippen LogP contribution in [0.15, 0.2) is 29.0 Å². The summed E-state index contributed by atoms with van der Waals surface area (Å²) >= 11 is 1.53. The van der Waals surface area contributed by atoms with Gasteiger partial charge in [-0.25, -0.2) is 13.2 Å². The molecule has 0 aliphatic carbocycles. The number of nitrogens with one attached hydrogen (secondary N) is 1. The van der Waals surface area contributed by atoms with Crippen molar-refractivity contribution in [2.75, 3.05) is 26.2 Å². The van der Waals surface area contributed by atoms with E-state index in [-0.39, 0.29) is 6.04 Å². The lowest BCUT2D eigenvalue weighted by Gasteiger charge is -2.35. The molecule has 6 heteroatoms. The Hall–Kier alpha value is -1.37. The molecular weight excluding hydrogens is 297 g/mol. The van der Waals surface area contributed by atoms with Crippen molar-refractivity contribution in [2.45, 2.75) is 6.04 Å². The summed E-state index contributed by atoms with van der Waals surface area (Å²) in [5.74, 6) is -3.69. The zero-order valence-corrected chi connectivity index (χ0v) is 12.1. The van der Waals surface area contributed by atoms with Gasteiger partial charge in [0.2, 0.25) is 0 Å². The number of piperazine rings is 1. The van der Waals surface area contributed by atoms with Crippen LogP contribution in [0.2, 0.25) is 0 Å². The second-order valence-corrected chi connectivity index (χ2v) is 5.82. The normalized spacial score (nSPS) is 17.9. The molecule has 2 nitrogen and oxygen atoms in total. The van der Waals surface area contributed by atoms with Crippen LogP contribution < -0.4 is 5.32 Å². The molecule has 0 radical (unpaired) electrons. The van der Waals surface area contributed by atoms with Crippen LogP contribution in [0.25, 0.3) is 0 Å². The van der Waals surface area contributed by atoms with Crippen LogP contribution >= 0.6 is 11.3 Å². The predicted molar refractivity (Wildman–Crippen MR) is 76.9 cm³/mol. The Kier molecular flexibility index (Phi) is 4.28. The quantitative estimate of drug-likeness (QED) is 0.876. The third kappa shape index (κ3) is 2.97. The van der Waals surface area contributed by atoms with Crippen LogP contribution in [0.1, 0.15) is 17.2 Å². The molecule has 0 spiro atoms. The molecule has 0 saturated carbocycles. The number of halogens is 3. The first-order valence-corrected chi connectivity index (χ1v) is 7.72. The molecule has 1 aliphatic rings. The molecule has 2 aromatic rings. The largest absolute Gasteiger partial charge is 0.314 e. The van der Waals surface area contributed by atoms with Crippen molar-refractivity contribution in [3.05, 3.63) is 57.5 Å². The Morgan fingerprint density at radius 2 is 1.71 bits per heavy atom. The van der Waals surface area contributed by atoms with E-state index in [9.17, 15) is 13.2 Å². The smallest absolute Gasteiger partial charge is 0.194 e. The summed E-state index contributed by atoms with van der Waals surface area (Å²) in [6.45, 7) is 3.21. The molecule has 1 atom stereocenters. The van der Waals surface area contributed by atoms with Gasteiger partial charge in [-0.3, -0.25) is 4.90 Å². The minimum Gasteiger partial charge on any atom is -0.314 e. The summed E-state index contributed by atoms with van der Waals surface area (Å²) < 4.78 is 40.3. The van der Waals surface area contributed by atoms with E-state index in [1.807, 2.05) is 16.8 Å². The minimum absolute atomic E-state index is 0.247. The second kappa shape index (κ2) is 6.17. The highest BCUT2D eigenvalue weighted by Crippen LogP contribution is 2.32. The van der Waals surface area contributed by atoms with Gasteiger partial charge in [0.15, 0.2) is 17.5 Å². The summed E-state index contributed by atoms with van der Waals surface area (Å²) in [6, 6.07) is 3.89. The zero-order chi connectivity index (χ0) is 14.8. The Morgan fingerprint density at radius 1 is 1.05 bits per heavy atom. The molecule has 1 aromatic carbocycles. The molecule has 1 saturated heterocycles. The van der Waals surface area contributed by atoms with Crippen molar-refractivity contribution >= 4 is 11.3 Å². The fraction of sp³-hybridized carbons (Fsp3) is 0.333. The summed E-state index contributed by atoms with van der Waals surface area (Å²) in [7, 11) is 0. The van der Waals surface area contributed by atoms with Gasteiger partial charge in [-0.1, -0.05) is 0 Å². The Balaban J connectivity index is 2.02. The van der Waals surface area contributed by atoms with Gasteiger partial charge in [-0.2, -0.15) is 11.3 Å². The first-order valence-electron chi connectivity index (χ1n) is 6.78. The summed E-state index contributed by atoms with van der Waals surface area (Å²) in [6.07, 6.45) is 0. The molecule has 0 amide bonds. The maximum Gasteiger partial charge on any atom is 0.194 e. The topological polar surface area (TPSA) is 15.3 Å². The number of benzene rings is 1. The van der Waals surface area contributed by atoms with Gasteiger partial charge >= 0.3 is 0 Å². The Bertz CT molecular complexity index is 586. The molecular formula is C15H15F3N2S. The lowest BCUT2D eigenvalue weighted by molar-refractivity contribution is 0.198. The van der Waals surface area contributed by atoms with E-state index in [4.69, 9.17) is 0 Å². The lowest BCUT2D eigenvalue weighted by atomic mass is 9.98. The molecule has 1 aromatic heterocycles. The van der Waals surface area contributed by atoms with Gasteiger partial charge in [0, 0.05) is 26.2 Å². The van der Waals surface area contributed by atoms with E-state index < -0.39 is 17.5 Å². The number of nitrogens with zero attached hydrogens (tertiary/aromatic N) is 1. The van der Waals surface area contributed by atoms with Gasteiger partial charge < -0.3 is 5.32 Å².